The fourth-order valence-electron chi connectivity index (χ4n) is 3.12. The molecule has 0 aromatic rings. The summed E-state index contributed by atoms with van der Waals surface area (Å²) in [5, 5.41) is 4.66. The standard InChI is InChI=1S/C13H25NS/c1-3-4-12-5-8-13(9-6-12)14-10-7-11(2)15-13/h11-12,14H,3-10H2,1-2H3. The van der Waals surface area contributed by atoms with E-state index in [1.165, 1.54) is 51.5 Å². The van der Waals surface area contributed by atoms with Gasteiger partial charge < -0.3 is 5.32 Å². The van der Waals surface area contributed by atoms with E-state index in [0.29, 0.717) is 4.87 Å². The molecule has 2 rings (SSSR count). The number of thioether (sulfide) groups is 1. The van der Waals surface area contributed by atoms with Gasteiger partial charge in [-0.3, -0.25) is 0 Å². The summed E-state index contributed by atoms with van der Waals surface area (Å²) < 4.78 is 0. The number of hydrogen-bond acceptors (Lipinski definition) is 2. The zero-order valence-electron chi connectivity index (χ0n) is 10.2. The van der Waals surface area contributed by atoms with E-state index in [4.69, 9.17) is 0 Å². The third-order valence-corrected chi connectivity index (χ3v) is 5.68. The van der Waals surface area contributed by atoms with Crippen LogP contribution in [0.15, 0.2) is 0 Å². The van der Waals surface area contributed by atoms with Crippen molar-refractivity contribution in [3.8, 4) is 0 Å². The second-order valence-corrected chi connectivity index (χ2v) is 7.19. The van der Waals surface area contributed by atoms with Crippen molar-refractivity contribution in [1.29, 1.82) is 0 Å². The van der Waals surface area contributed by atoms with Gasteiger partial charge in [-0.15, -0.1) is 11.8 Å². The van der Waals surface area contributed by atoms with Crippen molar-refractivity contribution in [2.24, 2.45) is 5.92 Å². The van der Waals surface area contributed by atoms with Crippen LogP contribution in [0.5, 0.6) is 0 Å². The van der Waals surface area contributed by atoms with E-state index in [0.717, 1.165) is 11.2 Å². The van der Waals surface area contributed by atoms with E-state index < -0.39 is 0 Å². The summed E-state index contributed by atoms with van der Waals surface area (Å²) in [5.74, 6) is 1.03. The summed E-state index contributed by atoms with van der Waals surface area (Å²) in [6.45, 7) is 5.96. The minimum atomic E-state index is 0.474. The Balaban J connectivity index is 1.85. The molecule has 2 fully saturated rings. The minimum Gasteiger partial charge on any atom is -0.303 e. The van der Waals surface area contributed by atoms with Gasteiger partial charge in [-0.2, -0.15) is 0 Å². The first-order valence-corrected chi connectivity index (χ1v) is 7.55. The van der Waals surface area contributed by atoms with E-state index in [2.05, 4.69) is 30.9 Å². The summed E-state index contributed by atoms with van der Waals surface area (Å²) in [6.07, 6.45) is 9.91. The van der Waals surface area contributed by atoms with Crippen molar-refractivity contribution in [3.63, 3.8) is 0 Å². The molecule has 0 aromatic heterocycles. The van der Waals surface area contributed by atoms with Crippen LogP contribution in [0.3, 0.4) is 0 Å². The van der Waals surface area contributed by atoms with Crippen molar-refractivity contribution in [3.05, 3.63) is 0 Å². The maximum absolute atomic E-state index is 3.79. The zero-order chi connectivity index (χ0) is 10.7. The number of nitrogens with one attached hydrogen (secondary N) is 1. The lowest BCUT2D eigenvalue weighted by atomic mass is 9.83. The van der Waals surface area contributed by atoms with Gasteiger partial charge in [0, 0.05) is 5.25 Å². The highest BCUT2D eigenvalue weighted by Gasteiger charge is 2.38. The topological polar surface area (TPSA) is 12.0 Å². The molecule has 15 heavy (non-hydrogen) atoms. The van der Waals surface area contributed by atoms with Crippen LogP contribution >= 0.6 is 11.8 Å². The van der Waals surface area contributed by atoms with Crippen LogP contribution in [0.2, 0.25) is 0 Å². The molecule has 1 unspecified atom stereocenters. The van der Waals surface area contributed by atoms with Gasteiger partial charge in [0.1, 0.15) is 0 Å². The van der Waals surface area contributed by atoms with Gasteiger partial charge in [0.05, 0.1) is 4.87 Å². The van der Waals surface area contributed by atoms with Gasteiger partial charge in [-0.05, 0) is 44.6 Å². The Bertz CT molecular complexity index is 197. The maximum atomic E-state index is 3.79. The van der Waals surface area contributed by atoms with Crippen molar-refractivity contribution in [1.82, 2.24) is 5.32 Å². The van der Waals surface area contributed by atoms with Gasteiger partial charge in [0.2, 0.25) is 0 Å². The second-order valence-electron chi connectivity index (χ2n) is 5.37. The van der Waals surface area contributed by atoms with Gasteiger partial charge in [0.15, 0.2) is 0 Å². The predicted octanol–water partition coefficient (Wildman–Crippen LogP) is 3.79. The molecule has 0 amide bonds. The average Bonchev–Trinajstić information content (AvgIpc) is 2.22. The maximum Gasteiger partial charge on any atom is 0.0648 e. The Hall–Kier alpha value is 0.310. The molecular weight excluding hydrogens is 202 g/mol. The van der Waals surface area contributed by atoms with E-state index >= 15 is 0 Å². The predicted molar refractivity (Wildman–Crippen MR) is 69.3 cm³/mol. The monoisotopic (exact) mass is 227 g/mol. The highest BCUT2D eigenvalue weighted by molar-refractivity contribution is 8.01. The fourth-order valence-corrected chi connectivity index (χ4v) is 4.79. The quantitative estimate of drug-likeness (QED) is 0.770. The average molecular weight is 227 g/mol. The third-order valence-electron chi connectivity index (χ3n) is 4.03. The molecule has 0 radical (unpaired) electrons. The van der Waals surface area contributed by atoms with Crippen LogP contribution in [-0.4, -0.2) is 16.7 Å². The SMILES string of the molecule is CCCC1CCC2(CC1)NCCC(C)S2. The van der Waals surface area contributed by atoms with Crippen LogP contribution in [0.1, 0.15) is 58.8 Å². The molecular formula is C13H25NS. The first kappa shape index (κ1) is 11.8. The van der Waals surface area contributed by atoms with Crippen molar-refractivity contribution < 1.29 is 0 Å². The lowest BCUT2D eigenvalue weighted by molar-refractivity contribution is 0.250. The highest BCUT2D eigenvalue weighted by Crippen LogP contribution is 2.45. The number of hydrogen-bond donors (Lipinski definition) is 1. The van der Waals surface area contributed by atoms with E-state index in [-0.39, 0.29) is 0 Å². The van der Waals surface area contributed by atoms with Crippen LogP contribution in [0.4, 0.5) is 0 Å². The summed E-state index contributed by atoms with van der Waals surface area (Å²) in [5.41, 5.74) is 0. The minimum absolute atomic E-state index is 0.474. The number of rotatable bonds is 2. The Morgan fingerprint density at radius 2 is 2.00 bits per heavy atom. The molecule has 1 saturated carbocycles. The second kappa shape index (κ2) is 5.09. The molecule has 1 N–H and O–H groups in total. The van der Waals surface area contributed by atoms with Crippen molar-refractivity contribution >= 4 is 11.8 Å². The molecule has 1 spiro atoms. The normalized spacial score (nSPS) is 42.0. The third kappa shape index (κ3) is 2.91. The fraction of sp³-hybridized carbons (Fsp3) is 1.00. The molecule has 1 aliphatic heterocycles. The van der Waals surface area contributed by atoms with Crippen LogP contribution in [0.25, 0.3) is 0 Å². The van der Waals surface area contributed by atoms with Crippen molar-refractivity contribution in [2.75, 3.05) is 6.54 Å². The summed E-state index contributed by atoms with van der Waals surface area (Å²) >= 11 is 2.22. The smallest absolute Gasteiger partial charge is 0.0648 e. The van der Waals surface area contributed by atoms with Gasteiger partial charge in [-0.25, -0.2) is 0 Å². The van der Waals surface area contributed by atoms with Crippen LogP contribution in [0, 0.1) is 5.92 Å². The molecule has 2 aliphatic rings. The van der Waals surface area contributed by atoms with E-state index in [9.17, 15) is 0 Å². The summed E-state index contributed by atoms with van der Waals surface area (Å²) in [4.78, 5) is 0.474. The summed E-state index contributed by atoms with van der Waals surface area (Å²) in [6, 6.07) is 0. The van der Waals surface area contributed by atoms with Gasteiger partial charge in [-0.1, -0.05) is 26.7 Å². The zero-order valence-corrected chi connectivity index (χ0v) is 11.0. The molecule has 1 atom stereocenters. The molecule has 1 aliphatic carbocycles. The molecule has 1 heterocycles. The first-order valence-electron chi connectivity index (χ1n) is 6.67. The largest absolute Gasteiger partial charge is 0.303 e. The molecule has 1 nitrogen and oxygen atoms in total. The Labute approximate surface area is 98.8 Å². The lowest BCUT2D eigenvalue weighted by Crippen LogP contribution is -2.50. The highest BCUT2D eigenvalue weighted by atomic mass is 32.2. The Morgan fingerprint density at radius 3 is 2.60 bits per heavy atom. The lowest BCUT2D eigenvalue weighted by Gasteiger charge is -2.45. The van der Waals surface area contributed by atoms with Crippen molar-refractivity contribution in [2.45, 2.75) is 68.9 Å². The van der Waals surface area contributed by atoms with Crippen LogP contribution < -0.4 is 5.32 Å². The Morgan fingerprint density at radius 1 is 1.27 bits per heavy atom. The van der Waals surface area contributed by atoms with Gasteiger partial charge in [0.25, 0.3) is 0 Å². The van der Waals surface area contributed by atoms with Crippen LogP contribution in [-0.2, 0) is 0 Å². The molecule has 0 aromatic carbocycles. The van der Waals surface area contributed by atoms with Gasteiger partial charge >= 0.3 is 0 Å². The first-order chi connectivity index (χ1) is 7.24. The molecule has 0 bridgehead atoms. The molecule has 1 saturated heterocycles. The molecule has 2 heteroatoms. The Kier molecular flexibility index (Phi) is 4.00. The summed E-state index contributed by atoms with van der Waals surface area (Å²) in [7, 11) is 0. The van der Waals surface area contributed by atoms with E-state index in [1.807, 2.05) is 0 Å². The van der Waals surface area contributed by atoms with E-state index in [1.54, 1.807) is 0 Å². The molecule has 88 valence electrons.